The average molecular weight is 445 g/mol. The lowest BCUT2D eigenvalue weighted by atomic mass is 9.58. The van der Waals surface area contributed by atoms with Gasteiger partial charge in [-0.25, -0.2) is 4.79 Å². The molecule has 2 atom stereocenters. The minimum Gasteiger partial charge on any atom is -0.456 e. The van der Waals surface area contributed by atoms with Crippen LogP contribution in [-0.2, 0) is 9.53 Å². The van der Waals surface area contributed by atoms with Crippen LogP contribution >= 0.6 is 0 Å². The van der Waals surface area contributed by atoms with Crippen LogP contribution in [-0.4, -0.2) is 11.6 Å². The Morgan fingerprint density at radius 2 is 1.47 bits per heavy atom. The second-order valence-electron chi connectivity index (χ2n) is 12.6. The highest BCUT2D eigenvalue weighted by atomic mass is 16.6. The van der Waals surface area contributed by atoms with Gasteiger partial charge in [-0.1, -0.05) is 85.8 Å². The molecule has 1 saturated carbocycles. The third-order valence-corrected chi connectivity index (χ3v) is 9.34. The fourth-order valence-corrected chi connectivity index (χ4v) is 6.14. The summed E-state index contributed by atoms with van der Waals surface area (Å²) >= 11 is 0. The van der Waals surface area contributed by atoms with Gasteiger partial charge in [-0.05, 0) is 87.0 Å². The number of carbonyl (C=O) groups excluding carboxylic acids is 1. The topological polar surface area (TPSA) is 26.3 Å². The summed E-state index contributed by atoms with van der Waals surface area (Å²) in [7, 11) is 0. The molecule has 2 rings (SSSR count). The molecule has 0 radical (unpaired) electrons. The van der Waals surface area contributed by atoms with Crippen molar-refractivity contribution >= 4 is 5.97 Å². The van der Waals surface area contributed by atoms with Crippen molar-refractivity contribution in [2.24, 2.45) is 28.6 Å². The summed E-state index contributed by atoms with van der Waals surface area (Å²) in [6.45, 7) is 23.0. The van der Waals surface area contributed by atoms with Gasteiger partial charge in [0.2, 0.25) is 0 Å². The maximum atomic E-state index is 13.3. The van der Waals surface area contributed by atoms with E-state index in [2.05, 4.69) is 68.0 Å². The molecular weight excluding hydrogens is 392 g/mol. The summed E-state index contributed by atoms with van der Waals surface area (Å²) in [5.41, 5.74) is 2.07. The van der Waals surface area contributed by atoms with Crippen LogP contribution in [0.5, 0.6) is 0 Å². The highest BCUT2D eigenvalue weighted by Crippen LogP contribution is 2.50. The lowest BCUT2D eigenvalue weighted by Crippen LogP contribution is -2.38. The van der Waals surface area contributed by atoms with Gasteiger partial charge in [-0.3, -0.25) is 0 Å². The minimum atomic E-state index is -0.391. The first kappa shape index (κ1) is 27.2. The van der Waals surface area contributed by atoms with Crippen molar-refractivity contribution in [3.05, 3.63) is 23.8 Å². The Morgan fingerprint density at radius 3 is 2.03 bits per heavy atom. The Hall–Kier alpha value is -1.05. The Bertz CT molecular complexity index is 673. The lowest BCUT2D eigenvalue weighted by Gasteiger charge is -2.46. The molecule has 184 valence electrons. The van der Waals surface area contributed by atoms with E-state index >= 15 is 0 Å². The van der Waals surface area contributed by atoms with Crippen molar-refractivity contribution in [2.45, 2.75) is 132 Å². The van der Waals surface area contributed by atoms with Crippen molar-refractivity contribution < 1.29 is 9.53 Å². The molecule has 2 nitrogen and oxygen atoms in total. The molecule has 0 aromatic rings. The Labute approximate surface area is 199 Å². The quantitative estimate of drug-likeness (QED) is 0.366. The molecule has 0 aliphatic heterocycles. The van der Waals surface area contributed by atoms with Gasteiger partial charge in [-0.15, -0.1) is 0 Å². The first-order valence-corrected chi connectivity index (χ1v) is 13.5. The summed E-state index contributed by atoms with van der Waals surface area (Å²) in [6, 6.07) is 0. The summed E-state index contributed by atoms with van der Waals surface area (Å²) < 4.78 is 6.18. The molecule has 0 heterocycles. The summed E-state index contributed by atoms with van der Waals surface area (Å²) in [5, 5.41) is 0. The zero-order valence-corrected chi connectivity index (χ0v) is 22.6. The maximum Gasteiger partial charge on any atom is 0.334 e. The van der Waals surface area contributed by atoms with Crippen LogP contribution in [0.15, 0.2) is 23.8 Å². The third kappa shape index (κ3) is 6.73. The second-order valence-corrected chi connectivity index (χ2v) is 12.6. The zero-order valence-electron chi connectivity index (χ0n) is 22.6. The van der Waals surface area contributed by atoms with Crippen molar-refractivity contribution in [1.29, 1.82) is 0 Å². The third-order valence-electron chi connectivity index (χ3n) is 9.34. The summed E-state index contributed by atoms with van der Waals surface area (Å²) in [5.74, 6) is 1.56. The summed E-state index contributed by atoms with van der Waals surface area (Å²) in [4.78, 5) is 13.3. The smallest absolute Gasteiger partial charge is 0.334 e. The molecule has 0 N–H and O–H groups in total. The largest absolute Gasteiger partial charge is 0.456 e. The van der Waals surface area contributed by atoms with E-state index in [0.717, 1.165) is 36.8 Å². The van der Waals surface area contributed by atoms with E-state index in [9.17, 15) is 4.79 Å². The minimum absolute atomic E-state index is 0.110. The van der Waals surface area contributed by atoms with E-state index in [4.69, 9.17) is 4.74 Å². The van der Waals surface area contributed by atoms with Crippen LogP contribution in [0.2, 0.25) is 0 Å². The Morgan fingerprint density at radius 1 is 0.906 bits per heavy atom. The molecule has 0 amide bonds. The molecule has 0 spiro atoms. The van der Waals surface area contributed by atoms with Crippen LogP contribution < -0.4 is 0 Å². The fourth-order valence-electron chi connectivity index (χ4n) is 6.14. The summed E-state index contributed by atoms with van der Waals surface area (Å²) in [6.07, 6.45) is 14.6. The van der Waals surface area contributed by atoms with E-state index in [1.54, 1.807) is 0 Å². The van der Waals surface area contributed by atoms with Gasteiger partial charge < -0.3 is 4.74 Å². The van der Waals surface area contributed by atoms with E-state index < -0.39 is 5.60 Å². The van der Waals surface area contributed by atoms with E-state index in [0.29, 0.717) is 17.8 Å². The average Bonchev–Trinajstić information content (AvgIpc) is 2.83. The maximum absolute atomic E-state index is 13.3. The number of hydrogen-bond acceptors (Lipinski definition) is 2. The molecule has 2 aliphatic rings. The SMILES string of the molecule is C=C1/C=C(/C(=O)OC(C)(C)C2CCCCC2)CCCC(C(C)(C)CC)C(C(C)(C)CC)C1. The van der Waals surface area contributed by atoms with Gasteiger partial charge in [0.25, 0.3) is 0 Å². The van der Waals surface area contributed by atoms with Gasteiger partial charge in [0.05, 0.1) is 0 Å². The molecular formula is C30H52O2. The first-order valence-electron chi connectivity index (χ1n) is 13.5. The van der Waals surface area contributed by atoms with Gasteiger partial charge in [0, 0.05) is 5.57 Å². The van der Waals surface area contributed by atoms with Crippen LogP contribution in [0, 0.1) is 28.6 Å². The van der Waals surface area contributed by atoms with Crippen molar-refractivity contribution in [3.8, 4) is 0 Å². The number of carbonyl (C=O) groups is 1. The number of allylic oxidation sites excluding steroid dienone is 2. The van der Waals surface area contributed by atoms with Gasteiger partial charge >= 0.3 is 5.97 Å². The molecule has 2 aliphatic carbocycles. The van der Waals surface area contributed by atoms with Crippen LogP contribution in [0.25, 0.3) is 0 Å². The van der Waals surface area contributed by atoms with Crippen LogP contribution in [0.1, 0.15) is 126 Å². The van der Waals surface area contributed by atoms with E-state index in [1.165, 1.54) is 44.9 Å². The molecule has 0 aromatic carbocycles. The highest BCUT2D eigenvalue weighted by Gasteiger charge is 2.42. The van der Waals surface area contributed by atoms with Crippen molar-refractivity contribution in [3.63, 3.8) is 0 Å². The molecule has 0 aromatic heterocycles. The molecule has 32 heavy (non-hydrogen) atoms. The number of esters is 1. The van der Waals surface area contributed by atoms with Crippen LogP contribution in [0.3, 0.4) is 0 Å². The van der Waals surface area contributed by atoms with E-state index in [1.807, 2.05) is 0 Å². The second kappa shape index (κ2) is 10.9. The fraction of sp³-hybridized carbons (Fsp3) is 0.833. The number of ether oxygens (including phenoxy) is 1. The van der Waals surface area contributed by atoms with E-state index in [-0.39, 0.29) is 16.8 Å². The van der Waals surface area contributed by atoms with Crippen molar-refractivity contribution in [1.82, 2.24) is 0 Å². The Kier molecular flexibility index (Phi) is 9.28. The van der Waals surface area contributed by atoms with Crippen molar-refractivity contribution in [2.75, 3.05) is 0 Å². The van der Waals surface area contributed by atoms with Crippen LogP contribution in [0.4, 0.5) is 0 Å². The molecule has 2 unspecified atom stereocenters. The number of rotatable bonds is 7. The molecule has 2 heteroatoms. The standard InChI is InChI=1S/C30H52O2/c1-10-28(4,5)25-19-15-16-23(20-22(3)21-26(25)29(6,7)11-2)27(31)32-30(8,9)24-17-13-12-14-18-24/h20,24-26H,3,10-19,21H2,1-2,4-9H3/b23-20+. The monoisotopic (exact) mass is 444 g/mol. The van der Waals surface area contributed by atoms with Gasteiger partial charge in [-0.2, -0.15) is 0 Å². The molecule has 0 saturated heterocycles. The molecule has 1 fully saturated rings. The predicted molar refractivity (Wildman–Crippen MR) is 138 cm³/mol. The predicted octanol–water partition coefficient (Wildman–Crippen LogP) is 9.05. The lowest BCUT2D eigenvalue weighted by molar-refractivity contribution is -0.158. The normalized spacial score (nSPS) is 26.5. The molecule has 0 bridgehead atoms. The highest BCUT2D eigenvalue weighted by molar-refractivity contribution is 5.89. The first-order chi connectivity index (χ1) is 14.8. The zero-order chi connectivity index (χ0) is 24.2. The van der Waals surface area contributed by atoms with Gasteiger partial charge in [0.15, 0.2) is 0 Å². The van der Waals surface area contributed by atoms with Gasteiger partial charge in [0.1, 0.15) is 5.60 Å². The number of hydrogen-bond donors (Lipinski definition) is 0. The Balaban J connectivity index is 2.24.